The number of aromatic hydroxyl groups is 2. The Kier molecular flexibility index (Phi) is 3.97. The summed E-state index contributed by atoms with van der Waals surface area (Å²) in [5.41, 5.74) is 5.86. The average Bonchev–Trinajstić information content (AvgIpc) is 2.50. The van der Waals surface area contributed by atoms with Gasteiger partial charge < -0.3 is 20.7 Å². The van der Waals surface area contributed by atoms with Crippen LogP contribution in [0.4, 0.5) is 0 Å². The van der Waals surface area contributed by atoms with Crippen LogP contribution in [0.2, 0.25) is 0 Å². The van der Waals surface area contributed by atoms with Gasteiger partial charge in [0.1, 0.15) is 12.1 Å². The van der Waals surface area contributed by atoms with E-state index in [2.05, 4.69) is 0 Å². The molecule has 1 aromatic rings. The number of nitrogens with two attached hydrogens (primary N) is 1. The van der Waals surface area contributed by atoms with E-state index in [1.807, 2.05) is 0 Å². The van der Waals surface area contributed by atoms with Gasteiger partial charge >= 0.3 is 5.97 Å². The lowest BCUT2D eigenvalue weighted by molar-refractivity contribution is -0.152. The van der Waals surface area contributed by atoms with Crippen LogP contribution in [-0.4, -0.2) is 28.3 Å². The van der Waals surface area contributed by atoms with Gasteiger partial charge in [0, 0.05) is 1.37 Å². The van der Waals surface area contributed by atoms with E-state index in [9.17, 15) is 15.0 Å². The molecule has 0 radical (unpaired) electrons. The van der Waals surface area contributed by atoms with Gasteiger partial charge in [-0.15, -0.1) is 0 Å². The zero-order valence-corrected chi connectivity index (χ0v) is 11.2. The second kappa shape index (κ2) is 6.61. The molecule has 2 unspecified atom stereocenters. The fourth-order valence-electron chi connectivity index (χ4n) is 2.27. The molecule has 0 bridgehead atoms. The summed E-state index contributed by atoms with van der Waals surface area (Å²) in [5.74, 6) is -1.70. The van der Waals surface area contributed by atoms with Gasteiger partial charge in [-0.25, -0.2) is 0 Å². The first-order valence-corrected chi connectivity index (χ1v) is 6.76. The van der Waals surface area contributed by atoms with Crippen LogP contribution in [0.25, 0.3) is 0 Å². The van der Waals surface area contributed by atoms with Gasteiger partial charge in [-0.3, -0.25) is 4.79 Å². The summed E-state index contributed by atoms with van der Waals surface area (Å²) in [5, 5.41) is 18.7. The Bertz CT molecular complexity index is 544. The maximum absolute atomic E-state index is 12.1. The summed E-state index contributed by atoms with van der Waals surface area (Å²) in [4.78, 5) is 12.1. The molecule has 1 saturated carbocycles. The first kappa shape index (κ1) is 12.0. The Hall–Kier alpha value is -1.75. The summed E-state index contributed by atoms with van der Waals surface area (Å²) in [6.45, 7) is 0. The van der Waals surface area contributed by atoms with Crippen LogP contribution in [0.15, 0.2) is 18.2 Å². The van der Waals surface area contributed by atoms with Crippen LogP contribution in [0.5, 0.6) is 11.5 Å². The minimum absolute atomic E-state index is 0.161. The predicted octanol–water partition coefficient (Wildman–Crippen LogP) is 1.84. The van der Waals surface area contributed by atoms with E-state index in [1.165, 1.54) is 12.1 Å². The monoisotopic (exact) mass is 281 g/mol. The molecule has 5 nitrogen and oxygen atoms in total. The molecule has 5 heteroatoms. The zero-order chi connectivity index (χ0) is 16.3. The number of phenolic OH excluding ortho intramolecular Hbond substituents is 2. The third-order valence-electron chi connectivity index (χ3n) is 3.38. The Morgan fingerprint density at radius 3 is 2.75 bits per heavy atom. The number of ether oxygens (including phenoxy) is 1. The van der Waals surface area contributed by atoms with E-state index < -0.39 is 24.1 Å². The summed E-state index contributed by atoms with van der Waals surface area (Å²) >= 11 is 0. The summed E-state index contributed by atoms with van der Waals surface area (Å²) in [6, 6.07) is 1.38. The number of hydrogen-bond acceptors (Lipinski definition) is 5. The van der Waals surface area contributed by atoms with Crippen LogP contribution in [0.1, 0.15) is 40.4 Å². The van der Waals surface area contributed by atoms with E-state index in [4.69, 9.17) is 13.2 Å². The average molecular weight is 281 g/mol. The van der Waals surface area contributed by atoms with Gasteiger partial charge in [0.2, 0.25) is 0 Å². The van der Waals surface area contributed by atoms with Gasteiger partial charge in [0.15, 0.2) is 11.5 Å². The fraction of sp³-hybridized carbons (Fsp3) is 0.533. The lowest BCUT2D eigenvalue weighted by atomic mass is 9.97. The van der Waals surface area contributed by atoms with Crippen molar-refractivity contribution in [1.82, 2.24) is 0 Å². The number of hydrogen-bond donors (Lipinski definition) is 3. The van der Waals surface area contributed by atoms with E-state index in [0.29, 0.717) is 0 Å². The lowest BCUT2D eigenvalue weighted by Gasteiger charge is -2.23. The molecule has 2 atom stereocenters. The van der Waals surface area contributed by atoms with Crippen molar-refractivity contribution in [3.63, 3.8) is 0 Å². The first-order valence-electron chi connectivity index (χ1n) is 7.84. The van der Waals surface area contributed by atoms with Gasteiger partial charge in [0.05, 0.1) is 1.37 Å². The first-order chi connectivity index (χ1) is 10.3. The molecule has 1 aliphatic carbocycles. The molecule has 1 aromatic carbocycles. The number of rotatable bonds is 4. The minimum atomic E-state index is -2.28. The summed E-state index contributed by atoms with van der Waals surface area (Å²) in [7, 11) is 0. The summed E-state index contributed by atoms with van der Waals surface area (Å²) < 4.78 is 21.3. The normalized spacial score (nSPS) is 22.2. The molecule has 4 N–H and O–H groups in total. The van der Waals surface area contributed by atoms with Gasteiger partial charge in [-0.05, 0) is 49.8 Å². The lowest BCUT2D eigenvalue weighted by Crippen LogP contribution is -2.37. The Morgan fingerprint density at radius 2 is 2.10 bits per heavy atom. The van der Waals surface area contributed by atoms with Crippen molar-refractivity contribution in [2.45, 2.75) is 50.6 Å². The van der Waals surface area contributed by atoms with Gasteiger partial charge in [-0.1, -0.05) is 12.5 Å². The zero-order valence-electron chi connectivity index (χ0n) is 13.2. The third-order valence-corrected chi connectivity index (χ3v) is 3.38. The third kappa shape index (κ3) is 3.87. The number of esters is 1. The number of phenols is 2. The van der Waals surface area contributed by atoms with E-state index >= 15 is 0 Å². The molecule has 0 spiro atoms. The van der Waals surface area contributed by atoms with Crippen molar-refractivity contribution in [1.29, 1.82) is 0 Å². The number of benzene rings is 1. The van der Waals surface area contributed by atoms with Crippen molar-refractivity contribution in [3.8, 4) is 11.5 Å². The molecule has 2 rings (SSSR count). The fourth-order valence-corrected chi connectivity index (χ4v) is 2.27. The highest BCUT2D eigenvalue weighted by Gasteiger charge is 2.22. The maximum atomic E-state index is 12.1. The van der Waals surface area contributed by atoms with Crippen LogP contribution in [0.3, 0.4) is 0 Å². The molecule has 20 heavy (non-hydrogen) atoms. The van der Waals surface area contributed by atoms with Crippen LogP contribution >= 0.6 is 0 Å². The van der Waals surface area contributed by atoms with Gasteiger partial charge in [0.25, 0.3) is 0 Å². The molecule has 0 saturated heterocycles. The smallest absolute Gasteiger partial charge is 0.323 e. The minimum Gasteiger partial charge on any atom is -0.504 e. The molecule has 0 aliphatic heterocycles. The van der Waals surface area contributed by atoms with Crippen LogP contribution < -0.4 is 5.73 Å². The standard InChI is InChI=1S/C15H21NO4/c16-12(8-10-6-7-13(17)14(18)9-10)15(19)20-11-4-2-1-3-5-11/h6-7,9,11-12,17-18H,1-5,8,16H2/i8D,12D. The molecule has 1 fully saturated rings. The van der Waals surface area contributed by atoms with Crippen molar-refractivity contribution in [2.75, 3.05) is 0 Å². The van der Waals surface area contributed by atoms with E-state index in [0.717, 1.165) is 38.2 Å². The van der Waals surface area contributed by atoms with E-state index in [-0.39, 0.29) is 17.4 Å². The highest BCUT2D eigenvalue weighted by molar-refractivity contribution is 5.76. The molecular weight excluding hydrogens is 258 g/mol. The largest absolute Gasteiger partial charge is 0.504 e. The number of carbonyl (C=O) groups excluding carboxylic acids is 1. The molecule has 0 amide bonds. The van der Waals surface area contributed by atoms with Gasteiger partial charge in [-0.2, -0.15) is 0 Å². The predicted molar refractivity (Wildman–Crippen MR) is 74.4 cm³/mol. The van der Waals surface area contributed by atoms with Crippen molar-refractivity contribution >= 4 is 5.97 Å². The van der Waals surface area contributed by atoms with Crippen molar-refractivity contribution < 1.29 is 22.5 Å². The molecule has 0 heterocycles. The Morgan fingerprint density at radius 1 is 1.40 bits per heavy atom. The summed E-state index contributed by atoms with van der Waals surface area (Å²) in [6.07, 6.45) is 2.89. The molecular formula is C15H21NO4. The van der Waals surface area contributed by atoms with Crippen LogP contribution in [0, 0.1) is 0 Å². The maximum Gasteiger partial charge on any atom is 0.323 e. The van der Waals surface area contributed by atoms with Crippen molar-refractivity contribution in [3.05, 3.63) is 23.8 Å². The second-order valence-electron chi connectivity index (χ2n) is 5.01. The Labute approximate surface area is 121 Å². The molecule has 0 aromatic heterocycles. The second-order valence-corrected chi connectivity index (χ2v) is 5.01. The highest BCUT2D eigenvalue weighted by Crippen LogP contribution is 2.25. The number of carbonyl (C=O) groups is 1. The SMILES string of the molecule is [2H]C(c1ccc(O)c(O)c1)C([2H])(N)C(=O)OC1CCCCC1. The molecule has 110 valence electrons. The Balaban J connectivity index is 2.09. The quantitative estimate of drug-likeness (QED) is 0.578. The highest BCUT2D eigenvalue weighted by atomic mass is 16.5. The topological polar surface area (TPSA) is 92.8 Å². The van der Waals surface area contributed by atoms with Crippen LogP contribution in [-0.2, 0) is 15.9 Å². The molecule has 1 aliphatic rings. The van der Waals surface area contributed by atoms with E-state index in [1.54, 1.807) is 0 Å². The van der Waals surface area contributed by atoms with Crippen molar-refractivity contribution in [2.24, 2.45) is 5.73 Å².